The molecule has 0 unspecified atom stereocenters. The largest absolute Gasteiger partial charge is 0.482 e. The van der Waals surface area contributed by atoms with Crippen LogP contribution in [0.25, 0.3) is 0 Å². The lowest BCUT2D eigenvalue weighted by Crippen LogP contribution is -2.24. The average Bonchev–Trinajstić information content (AvgIpc) is 2.70. The van der Waals surface area contributed by atoms with Crippen LogP contribution in [0.3, 0.4) is 0 Å². The lowest BCUT2D eigenvalue weighted by molar-refractivity contribution is -0.149. The molecule has 1 N–H and O–H groups in total. The van der Waals surface area contributed by atoms with Crippen molar-refractivity contribution in [2.45, 2.75) is 26.2 Å². The van der Waals surface area contributed by atoms with Gasteiger partial charge in [-0.2, -0.15) is 0 Å². The topological polar surface area (TPSA) is 84.9 Å². The van der Waals surface area contributed by atoms with Crippen LogP contribution in [-0.2, 0) is 19.7 Å². The zero-order valence-electron chi connectivity index (χ0n) is 18.0. The van der Waals surface area contributed by atoms with Gasteiger partial charge in [0.05, 0.1) is 0 Å². The van der Waals surface area contributed by atoms with Crippen LogP contribution >= 0.6 is 0 Å². The summed E-state index contributed by atoms with van der Waals surface area (Å²) in [6, 6.07) is 13.9. The van der Waals surface area contributed by atoms with E-state index in [1.165, 1.54) is 4.90 Å². The third-order valence-corrected chi connectivity index (χ3v) is 4.26. The zero-order chi connectivity index (χ0) is 22.3. The van der Waals surface area contributed by atoms with E-state index < -0.39 is 18.5 Å². The fourth-order valence-corrected chi connectivity index (χ4v) is 2.53. The predicted molar refractivity (Wildman–Crippen MR) is 115 cm³/mol. The van der Waals surface area contributed by atoms with Gasteiger partial charge in [-0.3, -0.25) is 9.59 Å². The van der Waals surface area contributed by atoms with Gasteiger partial charge in [0.25, 0.3) is 11.8 Å². The molecule has 0 radical (unpaired) electrons. The van der Waals surface area contributed by atoms with E-state index in [1.807, 2.05) is 12.1 Å². The van der Waals surface area contributed by atoms with Gasteiger partial charge in [-0.15, -0.1) is 0 Å². The summed E-state index contributed by atoms with van der Waals surface area (Å²) in [5.74, 6) is -0.701. The third kappa shape index (κ3) is 6.92. The van der Waals surface area contributed by atoms with Crippen LogP contribution in [0.4, 0.5) is 5.69 Å². The van der Waals surface area contributed by atoms with Crippen LogP contribution in [0.15, 0.2) is 48.5 Å². The predicted octanol–water partition coefficient (Wildman–Crippen LogP) is 3.25. The van der Waals surface area contributed by atoms with E-state index in [4.69, 9.17) is 9.47 Å². The second-order valence-electron chi connectivity index (χ2n) is 8.05. The highest BCUT2D eigenvalue weighted by atomic mass is 16.6. The van der Waals surface area contributed by atoms with E-state index in [9.17, 15) is 14.4 Å². The number of hydrogen-bond acceptors (Lipinski definition) is 5. The van der Waals surface area contributed by atoms with Crippen molar-refractivity contribution in [2.24, 2.45) is 0 Å². The van der Waals surface area contributed by atoms with Crippen LogP contribution in [0.5, 0.6) is 5.75 Å². The zero-order valence-corrected chi connectivity index (χ0v) is 18.0. The minimum absolute atomic E-state index is 0.0347. The number of amides is 2. The van der Waals surface area contributed by atoms with E-state index in [0.29, 0.717) is 17.0 Å². The Hall–Kier alpha value is -3.35. The number of ether oxygens (including phenoxy) is 2. The Kier molecular flexibility index (Phi) is 7.58. The minimum Gasteiger partial charge on any atom is -0.482 e. The summed E-state index contributed by atoms with van der Waals surface area (Å²) in [5.41, 5.74) is 2.21. The molecule has 0 aliphatic heterocycles. The highest BCUT2D eigenvalue weighted by Gasteiger charge is 2.14. The van der Waals surface area contributed by atoms with E-state index >= 15 is 0 Å². The van der Waals surface area contributed by atoms with Crippen molar-refractivity contribution in [2.75, 3.05) is 32.6 Å². The molecule has 7 nitrogen and oxygen atoms in total. The first-order valence-electron chi connectivity index (χ1n) is 9.57. The van der Waals surface area contributed by atoms with E-state index in [1.54, 1.807) is 50.5 Å². The van der Waals surface area contributed by atoms with Gasteiger partial charge in [-0.1, -0.05) is 32.9 Å². The first-order valence-corrected chi connectivity index (χ1v) is 9.57. The SMILES string of the molecule is CN(C)C(=O)c1ccc(NC(=O)COC(=O)COc2ccc(C(C)(C)C)cc2)cc1. The van der Waals surface area contributed by atoms with Crippen LogP contribution in [-0.4, -0.2) is 50.0 Å². The maximum absolute atomic E-state index is 11.9. The standard InChI is InChI=1S/C23H28N2O5/c1-23(2,3)17-8-12-19(13-9-17)29-15-21(27)30-14-20(26)24-18-10-6-16(7-11-18)22(28)25(4)5/h6-13H,14-15H2,1-5H3,(H,24,26). The van der Waals surface area contributed by atoms with E-state index in [2.05, 4.69) is 26.1 Å². The highest BCUT2D eigenvalue weighted by molar-refractivity contribution is 5.96. The molecule has 0 saturated carbocycles. The molecule has 0 bridgehead atoms. The summed E-state index contributed by atoms with van der Waals surface area (Å²) >= 11 is 0. The number of nitrogens with one attached hydrogen (secondary N) is 1. The van der Waals surface area contributed by atoms with Crippen molar-refractivity contribution in [1.29, 1.82) is 0 Å². The van der Waals surface area contributed by atoms with Crippen LogP contribution in [0.1, 0.15) is 36.7 Å². The third-order valence-electron chi connectivity index (χ3n) is 4.26. The van der Waals surface area contributed by atoms with E-state index in [0.717, 1.165) is 5.56 Å². The lowest BCUT2D eigenvalue weighted by atomic mass is 9.87. The number of anilines is 1. The number of esters is 1. The van der Waals surface area contributed by atoms with Gasteiger partial charge in [-0.05, 0) is 47.4 Å². The van der Waals surface area contributed by atoms with Crippen LogP contribution in [0, 0.1) is 0 Å². The Labute approximate surface area is 177 Å². The Balaban J connectivity index is 1.75. The Morgan fingerprint density at radius 1 is 0.900 bits per heavy atom. The summed E-state index contributed by atoms with van der Waals surface area (Å²) in [7, 11) is 3.33. The first kappa shape index (κ1) is 22.9. The maximum atomic E-state index is 11.9. The van der Waals surface area contributed by atoms with Gasteiger partial charge in [0, 0.05) is 25.3 Å². The summed E-state index contributed by atoms with van der Waals surface area (Å²) < 4.78 is 10.3. The average molecular weight is 412 g/mol. The number of benzene rings is 2. The van der Waals surface area contributed by atoms with Gasteiger partial charge < -0.3 is 19.7 Å². The normalized spacial score (nSPS) is 10.8. The van der Waals surface area contributed by atoms with Gasteiger partial charge in [-0.25, -0.2) is 4.79 Å². The fraction of sp³-hybridized carbons (Fsp3) is 0.348. The van der Waals surface area contributed by atoms with Crippen LogP contribution in [0.2, 0.25) is 0 Å². The molecule has 0 aliphatic carbocycles. The summed E-state index contributed by atoms with van der Waals surface area (Å²) in [5, 5.41) is 2.60. The van der Waals surface area contributed by atoms with Gasteiger partial charge in [0.1, 0.15) is 5.75 Å². The van der Waals surface area contributed by atoms with Crippen molar-refractivity contribution >= 4 is 23.5 Å². The van der Waals surface area contributed by atoms with E-state index in [-0.39, 0.29) is 17.9 Å². The summed E-state index contributed by atoms with van der Waals surface area (Å²) in [6.07, 6.45) is 0. The van der Waals surface area contributed by atoms with Crippen molar-refractivity contribution < 1.29 is 23.9 Å². The monoisotopic (exact) mass is 412 g/mol. The van der Waals surface area contributed by atoms with Crippen molar-refractivity contribution in [3.63, 3.8) is 0 Å². The molecule has 160 valence electrons. The molecule has 30 heavy (non-hydrogen) atoms. The molecule has 0 saturated heterocycles. The highest BCUT2D eigenvalue weighted by Crippen LogP contribution is 2.24. The Bertz CT molecular complexity index is 881. The summed E-state index contributed by atoms with van der Waals surface area (Å²) in [6.45, 7) is 5.63. The first-order chi connectivity index (χ1) is 14.1. The Morgan fingerprint density at radius 2 is 1.50 bits per heavy atom. The molecule has 2 amide bonds. The molecule has 0 atom stereocenters. The molecule has 0 spiro atoms. The lowest BCUT2D eigenvalue weighted by Gasteiger charge is -2.19. The molecular formula is C23H28N2O5. The molecule has 0 aromatic heterocycles. The number of carbonyl (C=O) groups is 3. The molecule has 2 rings (SSSR count). The number of hydrogen-bond donors (Lipinski definition) is 1. The number of rotatable bonds is 7. The molecule has 7 heteroatoms. The number of carbonyl (C=O) groups excluding carboxylic acids is 3. The molecule has 2 aromatic rings. The minimum atomic E-state index is -0.642. The van der Waals surface area contributed by atoms with Gasteiger partial charge in [0.2, 0.25) is 0 Å². The van der Waals surface area contributed by atoms with Crippen molar-refractivity contribution in [3.8, 4) is 5.75 Å². The molecule has 0 aliphatic rings. The quantitative estimate of drug-likeness (QED) is 0.706. The van der Waals surface area contributed by atoms with Gasteiger partial charge in [0.15, 0.2) is 13.2 Å². The smallest absolute Gasteiger partial charge is 0.344 e. The maximum Gasteiger partial charge on any atom is 0.344 e. The molecule has 2 aromatic carbocycles. The Morgan fingerprint density at radius 3 is 2.03 bits per heavy atom. The van der Waals surface area contributed by atoms with Crippen molar-refractivity contribution in [3.05, 3.63) is 59.7 Å². The molecular weight excluding hydrogens is 384 g/mol. The number of nitrogens with zero attached hydrogens (tertiary/aromatic N) is 1. The fourth-order valence-electron chi connectivity index (χ4n) is 2.53. The molecule has 0 heterocycles. The summed E-state index contributed by atoms with van der Waals surface area (Å²) in [4.78, 5) is 37.1. The second kappa shape index (κ2) is 9.91. The molecule has 0 fully saturated rings. The van der Waals surface area contributed by atoms with Gasteiger partial charge >= 0.3 is 5.97 Å². The van der Waals surface area contributed by atoms with Crippen molar-refractivity contribution in [1.82, 2.24) is 4.90 Å². The van der Waals surface area contributed by atoms with Crippen LogP contribution < -0.4 is 10.1 Å². The second-order valence-corrected chi connectivity index (χ2v) is 8.05.